The van der Waals surface area contributed by atoms with Gasteiger partial charge >= 0.3 is 0 Å². The minimum absolute atomic E-state index is 0.0765. The van der Waals surface area contributed by atoms with Gasteiger partial charge in [-0.15, -0.1) is 11.3 Å². The summed E-state index contributed by atoms with van der Waals surface area (Å²) in [6.07, 6.45) is 0. The Hall–Kier alpha value is -1.53. The molecule has 0 saturated heterocycles. The van der Waals surface area contributed by atoms with E-state index in [0.29, 0.717) is 23.8 Å². The number of carbonyl (C=O) groups is 1. The molecule has 2 aromatic rings. The van der Waals surface area contributed by atoms with Crippen molar-refractivity contribution in [2.24, 2.45) is 5.92 Å². The minimum atomic E-state index is -0.114. The summed E-state index contributed by atoms with van der Waals surface area (Å²) >= 11 is 4.85. The second-order valence-corrected chi connectivity index (χ2v) is 7.64. The average molecular weight is 426 g/mol. The largest absolute Gasteiger partial charge is 0.490 e. The van der Waals surface area contributed by atoms with Gasteiger partial charge in [-0.3, -0.25) is 4.79 Å². The van der Waals surface area contributed by atoms with E-state index in [0.717, 1.165) is 15.8 Å². The molecule has 0 aliphatic rings. The molecule has 1 heterocycles. The SMILES string of the molecule is CCOc1ccc(C(NC(=O)c2sccc2Br)C(C)C)cc1OCC. The number of rotatable bonds is 8. The lowest BCUT2D eigenvalue weighted by Gasteiger charge is -2.24. The molecule has 2 rings (SSSR count). The Morgan fingerprint density at radius 2 is 1.84 bits per heavy atom. The van der Waals surface area contributed by atoms with Gasteiger partial charge in [-0.1, -0.05) is 19.9 Å². The van der Waals surface area contributed by atoms with Crippen LogP contribution >= 0.6 is 27.3 Å². The number of halogens is 1. The minimum Gasteiger partial charge on any atom is -0.490 e. The summed E-state index contributed by atoms with van der Waals surface area (Å²) < 4.78 is 12.2. The van der Waals surface area contributed by atoms with Crippen molar-refractivity contribution in [3.63, 3.8) is 0 Å². The van der Waals surface area contributed by atoms with Gasteiger partial charge in [0.05, 0.1) is 19.3 Å². The van der Waals surface area contributed by atoms with Gasteiger partial charge in [0.25, 0.3) is 5.91 Å². The number of hydrogen-bond donors (Lipinski definition) is 1. The van der Waals surface area contributed by atoms with Gasteiger partial charge in [-0.25, -0.2) is 0 Å². The topological polar surface area (TPSA) is 47.6 Å². The first-order valence-corrected chi connectivity index (χ1v) is 10.1. The molecule has 0 saturated carbocycles. The number of benzene rings is 1. The van der Waals surface area contributed by atoms with Crippen molar-refractivity contribution in [1.82, 2.24) is 5.32 Å². The monoisotopic (exact) mass is 425 g/mol. The summed E-state index contributed by atoms with van der Waals surface area (Å²) in [6, 6.07) is 7.63. The van der Waals surface area contributed by atoms with Crippen LogP contribution in [0, 0.1) is 5.92 Å². The first kappa shape index (κ1) is 19.8. The molecule has 0 radical (unpaired) electrons. The van der Waals surface area contributed by atoms with E-state index in [1.54, 1.807) is 0 Å². The van der Waals surface area contributed by atoms with Crippen LogP contribution in [0.1, 0.15) is 49.0 Å². The number of ether oxygens (including phenoxy) is 2. The number of thiophene rings is 1. The van der Waals surface area contributed by atoms with Crippen LogP contribution in [0.15, 0.2) is 34.1 Å². The van der Waals surface area contributed by atoms with E-state index in [9.17, 15) is 4.79 Å². The third-order valence-electron chi connectivity index (χ3n) is 3.70. The molecule has 136 valence electrons. The van der Waals surface area contributed by atoms with Gasteiger partial charge in [0.15, 0.2) is 11.5 Å². The lowest BCUT2D eigenvalue weighted by molar-refractivity contribution is 0.0929. The van der Waals surface area contributed by atoms with Gasteiger partial charge in [0, 0.05) is 4.47 Å². The smallest absolute Gasteiger partial charge is 0.263 e. The Kier molecular flexibility index (Phi) is 7.32. The fourth-order valence-corrected chi connectivity index (χ4v) is 4.01. The molecule has 0 aliphatic carbocycles. The molecule has 1 aromatic carbocycles. The Balaban J connectivity index is 2.29. The van der Waals surface area contributed by atoms with Gasteiger partial charge < -0.3 is 14.8 Å². The lowest BCUT2D eigenvalue weighted by atomic mass is 9.95. The molecule has 0 aliphatic heterocycles. The molecular formula is C19H24BrNO3S. The zero-order chi connectivity index (χ0) is 18.4. The number of carbonyl (C=O) groups excluding carboxylic acids is 1. The zero-order valence-corrected chi connectivity index (χ0v) is 17.4. The van der Waals surface area contributed by atoms with Gasteiger partial charge in [0.2, 0.25) is 0 Å². The quantitative estimate of drug-likeness (QED) is 0.612. The second-order valence-electron chi connectivity index (χ2n) is 5.87. The first-order chi connectivity index (χ1) is 12.0. The molecule has 1 aromatic heterocycles. The highest BCUT2D eigenvalue weighted by molar-refractivity contribution is 9.10. The van der Waals surface area contributed by atoms with E-state index >= 15 is 0 Å². The van der Waals surface area contributed by atoms with Crippen LogP contribution in [0.4, 0.5) is 0 Å². The van der Waals surface area contributed by atoms with Crippen molar-refractivity contribution in [3.05, 3.63) is 44.6 Å². The second kappa shape index (κ2) is 9.25. The van der Waals surface area contributed by atoms with Crippen LogP contribution in [0.2, 0.25) is 0 Å². The van der Waals surface area contributed by atoms with Crippen molar-refractivity contribution >= 4 is 33.2 Å². The number of hydrogen-bond acceptors (Lipinski definition) is 4. The molecule has 0 bridgehead atoms. The molecular weight excluding hydrogens is 402 g/mol. The van der Waals surface area contributed by atoms with Crippen molar-refractivity contribution in [1.29, 1.82) is 0 Å². The fraction of sp³-hybridized carbons (Fsp3) is 0.421. The summed E-state index contributed by atoms with van der Waals surface area (Å²) in [7, 11) is 0. The Labute approximate surface area is 161 Å². The van der Waals surface area contributed by atoms with E-state index in [2.05, 4.69) is 35.1 Å². The summed E-state index contributed by atoms with van der Waals surface area (Å²) in [6.45, 7) is 9.20. The molecule has 1 amide bonds. The normalized spacial score (nSPS) is 12.1. The van der Waals surface area contributed by atoms with E-state index < -0.39 is 0 Å². The Morgan fingerprint density at radius 3 is 2.40 bits per heavy atom. The average Bonchev–Trinajstić information content (AvgIpc) is 3.00. The van der Waals surface area contributed by atoms with Crippen molar-refractivity contribution in [2.45, 2.75) is 33.7 Å². The molecule has 1 unspecified atom stereocenters. The third kappa shape index (κ3) is 4.98. The standard InChI is InChI=1S/C19H24BrNO3S/c1-5-23-15-8-7-13(11-16(15)24-6-2)17(12(3)4)21-19(22)18-14(20)9-10-25-18/h7-12,17H,5-6H2,1-4H3,(H,21,22). The van der Waals surface area contributed by atoms with E-state index in [4.69, 9.17) is 9.47 Å². The zero-order valence-electron chi connectivity index (χ0n) is 15.0. The summed E-state index contributed by atoms with van der Waals surface area (Å²) in [5.74, 6) is 1.59. The highest BCUT2D eigenvalue weighted by atomic mass is 79.9. The summed E-state index contributed by atoms with van der Waals surface area (Å²) in [5.41, 5.74) is 1.00. The molecule has 6 heteroatoms. The lowest BCUT2D eigenvalue weighted by Crippen LogP contribution is -2.31. The van der Waals surface area contributed by atoms with Crippen LogP contribution in [-0.4, -0.2) is 19.1 Å². The van der Waals surface area contributed by atoms with Gasteiger partial charge in [-0.05, 0) is 64.8 Å². The highest BCUT2D eigenvalue weighted by Crippen LogP contribution is 2.33. The van der Waals surface area contributed by atoms with E-state index in [1.807, 2.05) is 43.5 Å². The maximum Gasteiger partial charge on any atom is 0.263 e. The highest BCUT2D eigenvalue weighted by Gasteiger charge is 2.22. The van der Waals surface area contributed by atoms with Gasteiger partial charge in [-0.2, -0.15) is 0 Å². The van der Waals surface area contributed by atoms with Crippen LogP contribution in [0.3, 0.4) is 0 Å². The van der Waals surface area contributed by atoms with Gasteiger partial charge in [0.1, 0.15) is 4.88 Å². The van der Waals surface area contributed by atoms with Crippen molar-refractivity contribution in [2.75, 3.05) is 13.2 Å². The number of amides is 1. The molecule has 0 spiro atoms. The Morgan fingerprint density at radius 1 is 1.16 bits per heavy atom. The molecule has 25 heavy (non-hydrogen) atoms. The predicted octanol–water partition coefficient (Wildman–Crippen LogP) is 5.44. The fourth-order valence-electron chi connectivity index (χ4n) is 2.56. The summed E-state index contributed by atoms with van der Waals surface area (Å²) in [4.78, 5) is 13.3. The van der Waals surface area contributed by atoms with Crippen LogP contribution in [0.25, 0.3) is 0 Å². The molecule has 1 atom stereocenters. The van der Waals surface area contributed by atoms with Crippen molar-refractivity contribution < 1.29 is 14.3 Å². The van der Waals surface area contributed by atoms with E-state index in [1.165, 1.54) is 11.3 Å². The maximum atomic E-state index is 12.6. The third-order valence-corrected chi connectivity index (χ3v) is 5.54. The molecule has 1 N–H and O–H groups in total. The Bertz CT molecular complexity index is 714. The molecule has 4 nitrogen and oxygen atoms in total. The summed E-state index contributed by atoms with van der Waals surface area (Å²) in [5, 5.41) is 5.04. The predicted molar refractivity (Wildman–Crippen MR) is 106 cm³/mol. The van der Waals surface area contributed by atoms with Crippen LogP contribution < -0.4 is 14.8 Å². The van der Waals surface area contributed by atoms with Crippen LogP contribution in [0.5, 0.6) is 11.5 Å². The van der Waals surface area contributed by atoms with Crippen molar-refractivity contribution in [3.8, 4) is 11.5 Å². The van der Waals surface area contributed by atoms with Crippen LogP contribution in [-0.2, 0) is 0 Å². The number of nitrogens with one attached hydrogen (secondary N) is 1. The first-order valence-electron chi connectivity index (χ1n) is 8.41. The molecule has 0 fully saturated rings. The maximum absolute atomic E-state index is 12.6. The van der Waals surface area contributed by atoms with E-state index in [-0.39, 0.29) is 17.9 Å².